The zero-order valence-electron chi connectivity index (χ0n) is 11.9. The van der Waals surface area contributed by atoms with Crippen molar-refractivity contribution >= 4 is 37.8 Å². The van der Waals surface area contributed by atoms with Crippen LogP contribution in [0.15, 0.2) is 27.5 Å². The van der Waals surface area contributed by atoms with Gasteiger partial charge in [0.05, 0.1) is 20.8 Å². The lowest BCUT2D eigenvalue weighted by Crippen LogP contribution is -2.32. The minimum absolute atomic E-state index is 0.0355. The minimum Gasteiger partial charge on any atom is -0.354 e. The van der Waals surface area contributed by atoms with Crippen LogP contribution in [0.3, 0.4) is 0 Å². The molecule has 0 aliphatic rings. The largest absolute Gasteiger partial charge is 0.354 e. The van der Waals surface area contributed by atoms with Crippen LogP contribution in [0.25, 0.3) is 0 Å². The molecule has 2 rings (SSSR count). The zero-order chi connectivity index (χ0) is 15.4. The maximum absolute atomic E-state index is 12.1. The Hall–Kier alpha value is -1.15. The van der Waals surface area contributed by atoms with Gasteiger partial charge in [0, 0.05) is 25.5 Å². The highest BCUT2D eigenvalue weighted by molar-refractivity contribution is 9.10. The van der Waals surface area contributed by atoms with Gasteiger partial charge in [0.15, 0.2) is 0 Å². The summed E-state index contributed by atoms with van der Waals surface area (Å²) in [5.74, 6) is -0.0355. The number of hydrogen-bond acceptors (Lipinski definition) is 3. The second-order valence-electron chi connectivity index (χ2n) is 4.78. The smallest absolute Gasteiger partial charge is 0.244 e. The van der Waals surface area contributed by atoms with Crippen LogP contribution in [0.1, 0.15) is 25.1 Å². The Morgan fingerprint density at radius 1 is 1.43 bits per heavy atom. The van der Waals surface area contributed by atoms with Gasteiger partial charge in [-0.25, -0.2) is 0 Å². The van der Waals surface area contributed by atoms with E-state index in [1.165, 1.54) is 0 Å². The topological polar surface area (TPSA) is 64.7 Å². The molecule has 114 valence electrons. The van der Waals surface area contributed by atoms with E-state index in [2.05, 4.69) is 47.4 Å². The Labute approximate surface area is 140 Å². The first kappa shape index (κ1) is 16.2. The summed E-state index contributed by atoms with van der Waals surface area (Å²) in [5, 5.41) is 11.4. The third kappa shape index (κ3) is 4.41. The molecule has 0 saturated heterocycles. The molecule has 0 radical (unpaired) electrons. The number of nitrogens with one attached hydrogen (secondary N) is 1. The number of aryl methyl sites for hydroxylation is 2. The van der Waals surface area contributed by atoms with Crippen LogP contribution < -0.4 is 5.32 Å². The van der Waals surface area contributed by atoms with Gasteiger partial charge in [-0.15, -0.1) is 0 Å². The minimum atomic E-state index is -0.325. The number of carbonyl (C=O) groups excluding carboxylic acids is 1. The first-order valence-corrected chi connectivity index (χ1v) is 8.23. The molecule has 2 aromatic heterocycles. The summed E-state index contributed by atoms with van der Waals surface area (Å²) in [4.78, 5) is 12.1. The Morgan fingerprint density at radius 2 is 2.19 bits per heavy atom. The van der Waals surface area contributed by atoms with Crippen LogP contribution in [0, 0.1) is 6.92 Å². The van der Waals surface area contributed by atoms with Crippen LogP contribution in [-0.4, -0.2) is 32.0 Å². The van der Waals surface area contributed by atoms with Crippen molar-refractivity contribution in [2.75, 3.05) is 6.54 Å². The van der Waals surface area contributed by atoms with E-state index in [1.54, 1.807) is 10.9 Å². The van der Waals surface area contributed by atoms with Gasteiger partial charge < -0.3 is 5.32 Å². The van der Waals surface area contributed by atoms with Gasteiger partial charge in [0.2, 0.25) is 5.91 Å². The normalized spacial score (nSPS) is 12.4. The third-order valence-electron chi connectivity index (χ3n) is 3.10. The van der Waals surface area contributed by atoms with Crippen molar-refractivity contribution in [3.05, 3.63) is 33.2 Å². The number of rotatable bonds is 6. The van der Waals surface area contributed by atoms with E-state index < -0.39 is 0 Å². The van der Waals surface area contributed by atoms with E-state index in [0.717, 1.165) is 27.6 Å². The molecule has 1 atom stereocenters. The molecule has 1 unspecified atom stereocenters. The van der Waals surface area contributed by atoms with Gasteiger partial charge in [0.25, 0.3) is 0 Å². The molecule has 0 bridgehead atoms. The molecule has 2 heterocycles. The van der Waals surface area contributed by atoms with E-state index >= 15 is 0 Å². The molecule has 0 spiro atoms. The Bertz CT molecular complexity index is 602. The molecule has 0 aromatic carbocycles. The van der Waals surface area contributed by atoms with Gasteiger partial charge in [-0.3, -0.25) is 14.2 Å². The molecule has 2 aromatic rings. The molecular weight excluding hydrogens is 402 g/mol. The summed E-state index contributed by atoms with van der Waals surface area (Å²) >= 11 is 6.75. The number of carbonyl (C=O) groups is 1. The van der Waals surface area contributed by atoms with E-state index in [0.29, 0.717) is 6.54 Å². The number of halogens is 2. The lowest BCUT2D eigenvalue weighted by atomic mass is 10.3. The molecular formula is C13H17Br2N5O. The highest BCUT2D eigenvalue weighted by Gasteiger charge is 2.16. The summed E-state index contributed by atoms with van der Waals surface area (Å²) in [7, 11) is 0. The van der Waals surface area contributed by atoms with E-state index in [4.69, 9.17) is 0 Å². The van der Waals surface area contributed by atoms with Gasteiger partial charge in [-0.1, -0.05) is 0 Å². The molecule has 8 heteroatoms. The van der Waals surface area contributed by atoms with E-state index in [1.807, 2.05) is 30.9 Å². The Kier molecular flexibility index (Phi) is 5.58. The molecule has 0 aliphatic heterocycles. The second-order valence-corrected chi connectivity index (χ2v) is 6.55. The van der Waals surface area contributed by atoms with Crippen molar-refractivity contribution in [3.63, 3.8) is 0 Å². The molecule has 0 aliphatic carbocycles. The fourth-order valence-electron chi connectivity index (χ4n) is 1.84. The van der Waals surface area contributed by atoms with Crippen molar-refractivity contribution in [1.82, 2.24) is 24.9 Å². The summed E-state index contributed by atoms with van der Waals surface area (Å²) < 4.78 is 5.37. The van der Waals surface area contributed by atoms with Crippen LogP contribution >= 0.6 is 31.9 Å². The predicted octanol–water partition coefficient (Wildman–Crippen LogP) is 2.68. The molecule has 6 nitrogen and oxygen atoms in total. The van der Waals surface area contributed by atoms with Crippen LogP contribution in [-0.2, 0) is 11.3 Å². The molecule has 1 N–H and O–H groups in total. The third-order valence-corrected chi connectivity index (χ3v) is 4.29. The fraction of sp³-hybridized carbons (Fsp3) is 0.462. The molecule has 0 saturated carbocycles. The highest BCUT2D eigenvalue weighted by atomic mass is 79.9. The van der Waals surface area contributed by atoms with Gasteiger partial charge in [-0.2, -0.15) is 10.2 Å². The summed E-state index contributed by atoms with van der Waals surface area (Å²) in [6, 6.07) is -0.325. The zero-order valence-corrected chi connectivity index (χ0v) is 15.1. The highest BCUT2D eigenvalue weighted by Crippen LogP contribution is 2.16. The summed E-state index contributed by atoms with van der Waals surface area (Å²) in [6.07, 6.45) is 6.31. The quantitative estimate of drug-likeness (QED) is 0.733. The van der Waals surface area contributed by atoms with Crippen molar-refractivity contribution < 1.29 is 4.79 Å². The number of amides is 1. The lowest BCUT2D eigenvalue weighted by Gasteiger charge is -2.12. The van der Waals surface area contributed by atoms with Crippen molar-refractivity contribution in [2.24, 2.45) is 0 Å². The first-order valence-electron chi connectivity index (χ1n) is 6.64. The Morgan fingerprint density at radius 3 is 2.76 bits per heavy atom. The standard InChI is InChI=1S/C13H17Br2N5O/c1-9-12(15)8-20(18-9)10(2)13(21)16-4-3-5-19-7-11(14)6-17-19/h6-8,10H,3-5H2,1-2H3,(H,16,21). The number of nitrogens with zero attached hydrogens (tertiary/aromatic N) is 4. The van der Waals surface area contributed by atoms with Gasteiger partial charge in [0.1, 0.15) is 6.04 Å². The van der Waals surface area contributed by atoms with Gasteiger partial charge in [-0.05, 0) is 52.1 Å². The van der Waals surface area contributed by atoms with Crippen LogP contribution in [0.5, 0.6) is 0 Å². The number of aromatic nitrogens is 4. The number of hydrogen-bond donors (Lipinski definition) is 1. The summed E-state index contributed by atoms with van der Waals surface area (Å²) in [5.41, 5.74) is 0.874. The predicted molar refractivity (Wildman–Crippen MR) is 86.9 cm³/mol. The van der Waals surface area contributed by atoms with Gasteiger partial charge >= 0.3 is 0 Å². The average Bonchev–Trinajstić information content (AvgIpc) is 3.00. The lowest BCUT2D eigenvalue weighted by molar-refractivity contribution is -0.124. The second kappa shape index (κ2) is 7.22. The monoisotopic (exact) mass is 417 g/mol. The Balaban J connectivity index is 1.76. The molecule has 0 fully saturated rings. The van der Waals surface area contributed by atoms with Crippen LogP contribution in [0.2, 0.25) is 0 Å². The average molecular weight is 419 g/mol. The van der Waals surface area contributed by atoms with E-state index in [9.17, 15) is 4.79 Å². The van der Waals surface area contributed by atoms with E-state index in [-0.39, 0.29) is 11.9 Å². The maximum Gasteiger partial charge on any atom is 0.244 e. The first-order chi connectivity index (χ1) is 9.97. The van der Waals surface area contributed by atoms with Crippen LogP contribution in [0.4, 0.5) is 0 Å². The SMILES string of the molecule is Cc1nn(C(C)C(=O)NCCCn2cc(Br)cn2)cc1Br. The molecule has 1 amide bonds. The summed E-state index contributed by atoms with van der Waals surface area (Å²) in [6.45, 7) is 5.11. The van der Waals surface area contributed by atoms with Crippen molar-refractivity contribution in [3.8, 4) is 0 Å². The van der Waals surface area contributed by atoms with Crippen molar-refractivity contribution in [2.45, 2.75) is 32.9 Å². The van der Waals surface area contributed by atoms with Crippen molar-refractivity contribution in [1.29, 1.82) is 0 Å². The fourth-order valence-corrected chi connectivity index (χ4v) is 2.46. The molecule has 21 heavy (non-hydrogen) atoms. The maximum atomic E-state index is 12.1.